The molecule has 5 heteroatoms. The molecule has 1 saturated carbocycles. The number of anilines is 1. The van der Waals surface area contributed by atoms with Crippen molar-refractivity contribution in [2.45, 2.75) is 19.8 Å². The molecule has 1 heterocycles. The third kappa shape index (κ3) is 2.44. The minimum Gasteiger partial charge on any atom is -0.350 e. The van der Waals surface area contributed by atoms with E-state index in [1.54, 1.807) is 6.07 Å². The number of hydrogen-bond donors (Lipinski definition) is 3. The number of aromatic nitrogens is 1. The molecule has 0 aliphatic heterocycles. The van der Waals surface area contributed by atoms with Crippen LogP contribution in [-0.4, -0.2) is 17.4 Å². The molecule has 1 aromatic heterocycles. The summed E-state index contributed by atoms with van der Waals surface area (Å²) in [5, 5.41) is 4.79. The maximum atomic E-state index is 12.2. The summed E-state index contributed by atoms with van der Waals surface area (Å²) in [6, 6.07) is 9.50. The lowest BCUT2D eigenvalue weighted by molar-refractivity contribution is 0.0941. The molecule has 1 amide bonds. The van der Waals surface area contributed by atoms with Gasteiger partial charge in [-0.2, -0.15) is 0 Å². The Hall–Kier alpha value is -2.14. The van der Waals surface area contributed by atoms with Crippen molar-refractivity contribution < 1.29 is 4.79 Å². The van der Waals surface area contributed by atoms with E-state index in [0.29, 0.717) is 18.1 Å². The van der Waals surface area contributed by atoms with E-state index in [2.05, 4.69) is 22.7 Å². The number of nitrogens with one attached hydrogen (secondary N) is 2. The van der Waals surface area contributed by atoms with Crippen LogP contribution in [0.4, 0.5) is 5.82 Å². The second kappa shape index (κ2) is 4.76. The Morgan fingerprint density at radius 3 is 2.85 bits per heavy atom. The molecule has 20 heavy (non-hydrogen) atoms. The van der Waals surface area contributed by atoms with Gasteiger partial charge in [-0.3, -0.25) is 4.79 Å². The number of carbonyl (C=O) groups is 1. The van der Waals surface area contributed by atoms with Crippen LogP contribution in [0.1, 0.15) is 30.3 Å². The van der Waals surface area contributed by atoms with E-state index in [1.165, 1.54) is 12.8 Å². The topological polar surface area (TPSA) is 80.0 Å². The van der Waals surface area contributed by atoms with Gasteiger partial charge < -0.3 is 10.7 Å². The number of hydrazine groups is 1. The summed E-state index contributed by atoms with van der Waals surface area (Å²) in [5.74, 6) is 5.86. The van der Waals surface area contributed by atoms with Crippen molar-refractivity contribution in [1.29, 1.82) is 0 Å². The normalized spacial score (nSPS) is 15.9. The first-order valence-corrected chi connectivity index (χ1v) is 6.76. The number of hydrogen-bond acceptors (Lipinski definition) is 4. The lowest BCUT2D eigenvalue weighted by atomic mass is 10.1. The molecule has 3 rings (SSSR count). The van der Waals surface area contributed by atoms with E-state index in [9.17, 15) is 4.79 Å². The molecule has 1 aliphatic rings. The largest absolute Gasteiger partial charge is 0.350 e. The lowest BCUT2D eigenvalue weighted by Gasteiger charge is -2.11. The zero-order valence-corrected chi connectivity index (χ0v) is 11.4. The highest BCUT2D eigenvalue weighted by Gasteiger charge is 2.37. The van der Waals surface area contributed by atoms with Gasteiger partial charge in [-0.25, -0.2) is 10.8 Å². The first-order valence-electron chi connectivity index (χ1n) is 6.76. The van der Waals surface area contributed by atoms with E-state index in [1.807, 2.05) is 24.3 Å². The van der Waals surface area contributed by atoms with Crippen LogP contribution in [0, 0.1) is 5.41 Å². The molecule has 104 valence electrons. The van der Waals surface area contributed by atoms with Gasteiger partial charge >= 0.3 is 0 Å². The van der Waals surface area contributed by atoms with Crippen molar-refractivity contribution in [2.24, 2.45) is 11.3 Å². The summed E-state index contributed by atoms with van der Waals surface area (Å²) in [7, 11) is 0. The zero-order valence-electron chi connectivity index (χ0n) is 11.4. The molecular weight excluding hydrogens is 252 g/mol. The molecule has 0 atom stereocenters. The van der Waals surface area contributed by atoms with Crippen LogP contribution < -0.4 is 16.6 Å². The average molecular weight is 270 g/mol. The number of nitrogen functional groups attached to an aromatic ring is 1. The fraction of sp³-hybridized carbons (Fsp3) is 0.333. The van der Waals surface area contributed by atoms with E-state index in [0.717, 1.165) is 10.8 Å². The quantitative estimate of drug-likeness (QED) is 0.587. The fourth-order valence-electron chi connectivity index (χ4n) is 2.20. The Kier molecular flexibility index (Phi) is 3.06. The molecule has 0 saturated heterocycles. The zero-order chi connectivity index (χ0) is 14.2. The molecular formula is C15H18N4O. The van der Waals surface area contributed by atoms with Crippen LogP contribution in [0.15, 0.2) is 30.3 Å². The molecule has 1 aromatic carbocycles. The van der Waals surface area contributed by atoms with Crippen molar-refractivity contribution in [3.63, 3.8) is 0 Å². The third-order valence-corrected chi connectivity index (χ3v) is 3.89. The minimum atomic E-state index is -0.152. The number of pyridine rings is 1. The van der Waals surface area contributed by atoms with Crippen molar-refractivity contribution >= 4 is 22.5 Å². The number of rotatable bonds is 4. The average Bonchev–Trinajstić information content (AvgIpc) is 3.21. The van der Waals surface area contributed by atoms with Gasteiger partial charge in [0, 0.05) is 11.9 Å². The fourth-order valence-corrected chi connectivity index (χ4v) is 2.20. The minimum absolute atomic E-state index is 0.152. The second-order valence-corrected chi connectivity index (χ2v) is 5.71. The first kappa shape index (κ1) is 12.9. The van der Waals surface area contributed by atoms with Crippen molar-refractivity contribution in [3.8, 4) is 0 Å². The van der Waals surface area contributed by atoms with Gasteiger partial charge in [0.1, 0.15) is 11.5 Å². The molecule has 0 bridgehead atoms. The molecule has 2 aromatic rings. The van der Waals surface area contributed by atoms with Crippen LogP contribution >= 0.6 is 0 Å². The van der Waals surface area contributed by atoms with Crippen molar-refractivity contribution in [1.82, 2.24) is 10.3 Å². The summed E-state index contributed by atoms with van der Waals surface area (Å²) >= 11 is 0. The van der Waals surface area contributed by atoms with Gasteiger partial charge in [0.2, 0.25) is 0 Å². The van der Waals surface area contributed by atoms with Gasteiger partial charge in [-0.1, -0.05) is 31.2 Å². The number of fused-ring (bicyclic) bond motifs is 1. The Labute approximate surface area is 117 Å². The number of carbonyl (C=O) groups excluding carboxylic acids is 1. The van der Waals surface area contributed by atoms with Gasteiger partial charge in [0.05, 0.1) is 0 Å². The van der Waals surface area contributed by atoms with E-state index in [4.69, 9.17) is 5.84 Å². The highest BCUT2D eigenvalue weighted by molar-refractivity contribution is 6.00. The predicted molar refractivity (Wildman–Crippen MR) is 79.2 cm³/mol. The van der Waals surface area contributed by atoms with Crippen LogP contribution in [0.5, 0.6) is 0 Å². The SMILES string of the molecule is CC1(CNC(=O)c2cc3ccccc3c(NN)n2)CC1. The third-order valence-electron chi connectivity index (χ3n) is 3.89. The maximum Gasteiger partial charge on any atom is 0.270 e. The van der Waals surface area contributed by atoms with Crippen molar-refractivity contribution in [2.75, 3.05) is 12.0 Å². The summed E-state index contributed by atoms with van der Waals surface area (Å²) in [4.78, 5) is 16.5. The molecule has 0 unspecified atom stereocenters. The molecule has 4 N–H and O–H groups in total. The Balaban J connectivity index is 1.88. The van der Waals surface area contributed by atoms with Gasteiger partial charge in [0.15, 0.2) is 0 Å². The maximum absolute atomic E-state index is 12.2. The smallest absolute Gasteiger partial charge is 0.270 e. The van der Waals surface area contributed by atoms with Gasteiger partial charge in [0.25, 0.3) is 5.91 Å². The number of nitrogens with zero attached hydrogens (tertiary/aromatic N) is 1. The molecule has 0 spiro atoms. The van der Waals surface area contributed by atoms with Crippen LogP contribution in [-0.2, 0) is 0 Å². The predicted octanol–water partition coefficient (Wildman–Crippen LogP) is 2.05. The van der Waals surface area contributed by atoms with Crippen LogP contribution in [0.2, 0.25) is 0 Å². The molecule has 1 fully saturated rings. The lowest BCUT2D eigenvalue weighted by Crippen LogP contribution is -2.30. The Morgan fingerprint density at radius 1 is 1.40 bits per heavy atom. The standard InChI is InChI=1S/C15H18N4O/c1-15(6-7-15)9-17-14(20)12-8-10-4-2-3-5-11(10)13(18-12)19-16/h2-5,8H,6-7,9,16H2,1H3,(H,17,20)(H,18,19). The van der Waals surface area contributed by atoms with Crippen LogP contribution in [0.25, 0.3) is 10.8 Å². The summed E-state index contributed by atoms with van der Waals surface area (Å²) in [6.45, 7) is 2.87. The number of nitrogens with two attached hydrogens (primary N) is 1. The number of amides is 1. The molecule has 1 aliphatic carbocycles. The van der Waals surface area contributed by atoms with Crippen LogP contribution in [0.3, 0.4) is 0 Å². The second-order valence-electron chi connectivity index (χ2n) is 5.71. The number of benzene rings is 1. The Morgan fingerprint density at radius 2 is 2.15 bits per heavy atom. The van der Waals surface area contributed by atoms with E-state index >= 15 is 0 Å². The van der Waals surface area contributed by atoms with Gasteiger partial charge in [-0.05, 0) is 29.7 Å². The van der Waals surface area contributed by atoms with E-state index in [-0.39, 0.29) is 11.3 Å². The monoisotopic (exact) mass is 270 g/mol. The Bertz CT molecular complexity index is 664. The highest BCUT2D eigenvalue weighted by Crippen LogP contribution is 2.44. The van der Waals surface area contributed by atoms with E-state index < -0.39 is 0 Å². The molecule has 5 nitrogen and oxygen atoms in total. The highest BCUT2D eigenvalue weighted by atomic mass is 16.1. The summed E-state index contributed by atoms with van der Waals surface area (Å²) in [6.07, 6.45) is 2.35. The summed E-state index contributed by atoms with van der Waals surface area (Å²) in [5.41, 5.74) is 3.23. The summed E-state index contributed by atoms with van der Waals surface area (Å²) < 4.78 is 0. The van der Waals surface area contributed by atoms with Crippen molar-refractivity contribution in [3.05, 3.63) is 36.0 Å². The van der Waals surface area contributed by atoms with Gasteiger partial charge in [-0.15, -0.1) is 0 Å². The first-order chi connectivity index (χ1) is 9.61. The molecule has 0 radical (unpaired) electrons.